The van der Waals surface area contributed by atoms with Crippen LogP contribution in [0.3, 0.4) is 0 Å². The summed E-state index contributed by atoms with van der Waals surface area (Å²) in [6, 6.07) is 15.2. The maximum atomic E-state index is 13.2. The van der Waals surface area contributed by atoms with Crippen molar-refractivity contribution in [2.75, 3.05) is 6.54 Å². The zero-order valence-electron chi connectivity index (χ0n) is 14.5. The second-order valence-electron chi connectivity index (χ2n) is 6.57. The van der Waals surface area contributed by atoms with Gasteiger partial charge in [0.25, 0.3) is 5.91 Å². The summed E-state index contributed by atoms with van der Waals surface area (Å²) >= 11 is 0. The molecule has 27 heavy (non-hydrogen) atoms. The molecule has 0 saturated carbocycles. The van der Waals surface area contributed by atoms with Gasteiger partial charge in [0.15, 0.2) is 0 Å². The Balaban J connectivity index is 1.45. The number of rotatable bonds is 3. The van der Waals surface area contributed by atoms with E-state index in [-0.39, 0.29) is 11.9 Å². The zero-order chi connectivity index (χ0) is 18.2. The molecule has 1 atom stereocenters. The lowest BCUT2D eigenvalue weighted by atomic mass is 10.2. The molecule has 7 heteroatoms. The van der Waals surface area contributed by atoms with Gasteiger partial charge in [0.2, 0.25) is 11.7 Å². The molecule has 1 amide bonds. The quantitative estimate of drug-likeness (QED) is 0.561. The van der Waals surface area contributed by atoms with E-state index in [4.69, 9.17) is 4.52 Å². The first kappa shape index (κ1) is 15.7. The van der Waals surface area contributed by atoms with Gasteiger partial charge in [0, 0.05) is 18.3 Å². The lowest BCUT2D eigenvalue weighted by molar-refractivity contribution is 0.0712. The predicted molar refractivity (Wildman–Crippen MR) is 97.9 cm³/mol. The normalized spacial score (nSPS) is 16.9. The largest absolute Gasteiger partial charge is 0.337 e. The van der Waals surface area contributed by atoms with Crippen LogP contribution in [-0.4, -0.2) is 37.1 Å². The summed E-state index contributed by atoms with van der Waals surface area (Å²) in [4.78, 5) is 19.5. The van der Waals surface area contributed by atoms with Gasteiger partial charge in [-0.05, 0) is 25.0 Å². The van der Waals surface area contributed by atoms with E-state index >= 15 is 0 Å². The summed E-state index contributed by atoms with van der Waals surface area (Å²) in [7, 11) is 0. The smallest absolute Gasteiger partial charge is 0.258 e. The highest BCUT2D eigenvalue weighted by Gasteiger charge is 2.35. The molecule has 0 spiro atoms. The molecule has 3 aromatic heterocycles. The van der Waals surface area contributed by atoms with Crippen LogP contribution in [0.4, 0.5) is 0 Å². The summed E-state index contributed by atoms with van der Waals surface area (Å²) in [6.07, 6.45) is 5.16. The number of carbonyl (C=O) groups excluding carboxylic acids is 1. The van der Waals surface area contributed by atoms with Crippen molar-refractivity contribution in [3.05, 3.63) is 72.4 Å². The zero-order valence-corrected chi connectivity index (χ0v) is 14.5. The summed E-state index contributed by atoms with van der Waals surface area (Å²) in [5, 5.41) is 8.37. The Kier molecular flexibility index (Phi) is 3.71. The van der Waals surface area contributed by atoms with E-state index in [1.807, 2.05) is 59.6 Å². The van der Waals surface area contributed by atoms with Crippen LogP contribution in [0.5, 0.6) is 0 Å². The van der Waals surface area contributed by atoms with E-state index in [0.717, 1.165) is 23.9 Å². The first-order valence-corrected chi connectivity index (χ1v) is 8.93. The first-order valence-electron chi connectivity index (χ1n) is 8.93. The standard InChI is InChI=1S/C20H17N5O2/c26-20(15-13-21-25-12-5-4-9-16(15)25)24-11-6-10-17(24)19-22-18(23-27-19)14-7-2-1-3-8-14/h1-5,7-9,12-13,17H,6,10-11H2/t17-/m0/s1. The van der Waals surface area contributed by atoms with Crippen molar-refractivity contribution >= 4 is 11.4 Å². The van der Waals surface area contributed by atoms with Gasteiger partial charge in [-0.2, -0.15) is 10.1 Å². The van der Waals surface area contributed by atoms with Crippen LogP contribution in [-0.2, 0) is 0 Å². The van der Waals surface area contributed by atoms with Gasteiger partial charge in [-0.25, -0.2) is 4.52 Å². The lowest BCUT2D eigenvalue weighted by Crippen LogP contribution is -2.30. The molecule has 1 aliphatic heterocycles. The second kappa shape index (κ2) is 6.35. The van der Waals surface area contributed by atoms with Gasteiger partial charge in [-0.1, -0.05) is 41.6 Å². The van der Waals surface area contributed by atoms with E-state index < -0.39 is 0 Å². The van der Waals surface area contributed by atoms with E-state index in [1.54, 1.807) is 10.7 Å². The van der Waals surface area contributed by atoms with Crippen molar-refractivity contribution in [3.63, 3.8) is 0 Å². The molecule has 0 radical (unpaired) electrons. The number of likely N-dealkylation sites (tertiary alicyclic amines) is 1. The summed E-state index contributed by atoms with van der Waals surface area (Å²) in [5.41, 5.74) is 2.28. The molecule has 1 fully saturated rings. The van der Waals surface area contributed by atoms with Gasteiger partial charge in [-0.3, -0.25) is 4.79 Å². The van der Waals surface area contributed by atoms with E-state index in [2.05, 4.69) is 15.2 Å². The number of aromatic nitrogens is 4. The second-order valence-corrected chi connectivity index (χ2v) is 6.57. The Morgan fingerprint density at radius 1 is 1.11 bits per heavy atom. The average molecular weight is 359 g/mol. The average Bonchev–Trinajstić information content (AvgIpc) is 3.46. The van der Waals surface area contributed by atoms with Crippen LogP contribution < -0.4 is 0 Å². The number of hydrogen-bond acceptors (Lipinski definition) is 5. The molecular formula is C20H17N5O2. The summed E-state index contributed by atoms with van der Waals surface area (Å²) < 4.78 is 7.22. The van der Waals surface area contributed by atoms with Crippen molar-refractivity contribution in [2.24, 2.45) is 0 Å². The minimum absolute atomic E-state index is 0.0573. The van der Waals surface area contributed by atoms with Crippen molar-refractivity contribution in [2.45, 2.75) is 18.9 Å². The van der Waals surface area contributed by atoms with Gasteiger partial charge in [0.1, 0.15) is 6.04 Å². The monoisotopic (exact) mass is 359 g/mol. The minimum atomic E-state index is -0.207. The lowest BCUT2D eigenvalue weighted by Gasteiger charge is -2.21. The molecule has 0 aliphatic carbocycles. The third-order valence-corrected chi connectivity index (χ3v) is 4.93. The Labute approximate surface area is 155 Å². The third kappa shape index (κ3) is 2.68. The van der Waals surface area contributed by atoms with E-state index in [0.29, 0.717) is 23.8 Å². The maximum Gasteiger partial charge on any atom is 0.258 e. The highest BCUT2D eigenvalue weighted by molar-refractivity contribution is 6.00. The Hall–Kier alpha value is -3.48. The van der Waals surface area contributed by atoms with Gasteiger partial charge >= 0.3 is 0 Å². The van der Waals surface area contributed by atoms with Crippen molar-refractivity contribution < 1.29 is 9.32 Å². The van der Waals surface area contributed by atoms with Crippen LogP contribution in [0.15, 0.2) is 65.4 Å². The van der Waals surface area contributed by atoms with Gasteiger partial charge < -0.3 is 9.42 Å². The first-order chi connectivity index (χ1) is 13.3. The van der Waals surface area contributed by atoms with Crippen LogP contribution in [0, 0.1) is 0 Å². The van der Waals surface area contributed by atoms with Gasteiger partial charge in [-0.15, -0.1) is 0 Å². The Morgan fingerprint density at radius 2 is 1.96 bits per heavy atom. The molecule has 0 unspecified atom stereocenters. The molecule has 5 rings (SSSR count). The fourth-order valence-electron chi connectivity index (χ4n) is 3.60. The third-order valence-electron chi connectivity index (χ3n) is 4.93. The number of hydrogen-bond donors (Lipinski definition) is 0. The van der Waals surface area contributed by atoms with Crippen LogP contribution in [0.1, 0.15) is 35.1 Å². The number of pyridine rings is 1. The van der Waals surface area contributed by atoms with Crippen LogP contribution in [0.2, 0.25) is 0 Å². The molecule has 4 heterocycles. The molecule has 7 nitrogen and oxygen atoms in total. The Morgan fingerprint density at radius 3 is 2.85 bits per heavy atom. The van der Waals surface area contributed by atoms with Gasteiger partial charge in [0.05, 0.1) is 17.3 Å². The SMILES string of the molecule is O=C(c1cnn2ccccc12)N1CCC[C@H]1c1nc(-c2ccccc2)no1. The summed E-state index contributed by atoms with van der Waals surface area (Å²) in [5.74, 6) is 0.968. The molecule has 1 aromatic carbocycles. The van der Waals surface area contributed by atoms with E-state index in [1.165, 1.54) is 0 Å². The number of nitrogens with zero attached hydrogens (tertiary/aromatic N) is 5. The minimum Gasteiger partial charge on any atom is -0.337 e. The molecule has 1 saturated heterocycles. The Bertz CT molecular complexity index is 1100. The van der Waals surface area contributed by atoms with Crippen molar-refractivity contribution in [1.29, 1.82) is 0 Å². The molecule has 0 bridgehead atoms. The fraction of sp³-hybridized carbons (Fsp3) is 0.200. The number of fused-ring (bicyclic) bond motifs is 1. The molecule has 134 valence electrons. The highest BCUT2D eigenvalue weighted by atomic mass is 16.5. The molecule has 1 aliphatic rings. The predicted octanol–water partition coefficient (Wildman–Crippen LogP) is 3.36. The molecule has 4 aromatic rings. The summed E-state index contributed by atoms with van der Waals surface area (Å²) in [6.45, 7) is 0.663. The highest BCUT2D eigenvalue weighted by Crippen LogP contribution is 2.33. The van der Waals surface area contributed by atoms with Crippen LogP contribution in [0.25, 0.3) is 16.9 Å². The number of benzene rings is 1. The number of amides is 1. The topological polar surface area (TPSA) is 76.5 Å². The molecule has 0 N–H and O–H groups in total. The van der Waals surface area contributed by atoms with Crippen LogP contribution >= 0.6 is 0 Å². The van der Waals surface area contributed by atoms with Crippen molar-refractivity contribution in [3.8, 4) is 11.4 Å². The van der Waals surface area contributed by atoms with E-state index in [9.17, 15) is 4.79 Å². The maximum absolute atomic E-state index is 13.2. The van der Waals surface area contributed by atoms with Crippen molar-refractivity contribution in [1.82, 2.24) is 24.7 Å². The molecular weight excluding hydrogens is 342 g/mol. The fourth-order valence-corrected chi connectivity index (χ4v) is 3.60. The number of carbonyl (C=O) groups is 1.